The molecule has 0 aliphatic carbocycles. The van der Waals surface area contributed by atoms with Crippen LogP contribution in [0.4, 0.5) is 5.13 Å². The highest BCUT2D eigenvalue weighted by molar-refractivity contribution is 7.17. The summed E-state index contributed by atoms with van der Waals surface area (Å²) >= 11 is 6.94. The number of esters is 1. The molecule has 7 nitrogen and oxygen atoms in total. The van der Waals surface area contributed by atoms with Gasteiger partial charge < -0.3 is 9.84 Å². The fraction of sp³-hybridized carbons (Fsp3) is 0.231. The number of amides is 1. The first-order valence-electron chi connectivity index (χ1n) is 10.9. The second-order valence-electron chi connectivity index (χ2n) is 8.40. The minimum Gasteiger partial charge on any atom is -0.507 e. The van der Waals surface area contributed by atoms with Gasteiger partial charge in [-0.25, -0.2) is 9.78 Å². The maximum absolute atomic E-state index is 13.3. The van der Waals surface area contributed by atoms with Crippen molar-refractivity contribution in [3.05, 3.63) is 86.4 Å². The number of hydrogen-bond acceptors (Lipinski definition) is 7. The zero-order valence-corrected chi connectivity index (χ0v) is 21.1. The van der Waals surface area contributed by atoms with Crippen molar-refractivity contribution in [3.63, 3.8) is 0 Å². The van der Waals surface area contributed by atoms with E-state index < -0.39 is 23.7 Å². The number of Topliss-reactive ketones (excluding diaryl/α,β-unsaturated/α-hetero) is 1. The van der Waals surface area contributed by atoms with Crippen molar-refractivity contribution < 1.29 is 24.2 Å². The third-order valence-electron chi connectivity index (χ3n) is 5.84. The lowest BCUT2D eigenvalue weighted by molar-refractivity contribution is -0.132. The largest absolute Gasteiger partial charge is 0.507 e. The molecule has 1 atom stereocenters. The van der Waals surface area contributed by atoms with Crippen molar-refractivity contribution in [3.8, 4) is 0 Å². The van der Waals surface area contributed by atoms with E-state index in [1.54, 1.807) is 31.2 Å². The fourth-order valence-electron chi connectivity index (χ4n) is 3.94. The van der Waals surface area contributed by atoms with Gasteiger partial charge in [-0.15, -0.1) is 0 Å². The van der Waals surface area contributed by atoms with Crippen molar-refractivity contribution >= 4 is 51.5 Å². The average Bonchev–Trinajstić information content (AvgIpc) is 3.35. The van der Waals surface area contributed by atoms with Crippen LogP contribution in [0.5, 0.6) is 0 Å². The number of anilines is 1. The van der Waals surface area contributed by atoms with Crippen molar-refractivity contribution in [2.75, 3.05) is 12.0 Å². The lowest BCUT2D eigenvalue weighted by atomic mass is 9.93. The summed E-state index contributed by atoms with van der Waals surface area (Å²) in [5.41, 5.74) is 2.37. The number of aliphatic hydroxyl groups excluding tert-OH is 1. The second-order valence-corrected chi connectivity index (χ2v) is 9.81. The molecule has 3 aromatic rings. The Morgan fingerprint density at radius 2 is 1.74 bits per heavy atom. The fourth-order valence-corrected chi connectivity index (χ4v) is 5.08. The first-order valence-corrected chi connectivity index (χ1v) is 12.1. The number of ether oxygens (including phenoxy) is 1. The summed E-state index contributed by atoms with van der Waals surface area (Å²) in [5.74, 6) is -2.30. The third-order valence-corrected chi connectivity index (χ3v) is 7.23. The van der Waals surface area contributed by atoms with Crippen LogP contribution in [0.15, 0.2) is 54.1 Å². The van der Waals surface area contributed by atoms with Gasteiger partial charge in [-0.05, 0) is 48.2 Å². The average molecular weight is 511 g/mol. The number of nitrogens with zero attached hydrogens (tertiary/aromatic N) is 2. The molecule has 0 bridgehead atoms. The number of rotatable bonds is 5. The van der Waals surface area contributed by atoms with Gasteiger partial charge in [0.05, 0.1) is 24.4 Å². The lowest BCUT2D eigenvalue weighted by Crippen LogP contribution is -2.29. The highest BCUT2D eigenvalue weighted by Gasteiger charge is 2.48. The van der Waals surface area contributed by atoms with E-state index in [-0.39, 0.29) is 27.3 Å². The van der Waals surface area contributed by atoms with E-state index in [9.17, 15) is 19.5 Å². The molecule has 1 unspecified atom stereocenters. The predicted octanol–water partition coefficient (Wildman–Crippen LogP) is 5.64. The molecule has 9 heteroatoms. The molecule has 1 saturated heterocycles. The van der Waals surface area contributed by atoms with Crippen molar-refractivity contribution in [2.24, 2.45) is 0 Å². The number of aromatic nitrogens is 1. The molecule has 35 heavy (non-hydrogen) atoms. The van der Waals surface area contributed by atoms with Crippen LogP contribution < -0.4 is 4.90 Å². The van der Waals surface area contributed by atoms with Gasteiger partial charge in [-0.1, -0.05) is 61.1 Å². The Morgan fingerprint density at radius 3 is 2.31 bits per heavy atom. The molecule has 2 heterocycles. The molecule has 0 spiro atoms. The summed E-state index contributed by atoms with van der Waals surface area (Å²) in [4.78, 5) is 44.6. The number of thiazole rings is 1. The van der Waals surface area contributed by atoms with E-state index in [1.165, 1.54) is 12.0 Å². The van der Waals surface area contributed by atoms with Gasteiger partial charge in [0.15, 0.2) is 5.13 Å². The van der Waals surface area contributed by atoms with E-state index in [4.69, 9.17) is 16.3 Å². The van der Waals surface area contributed by atoms with E-state index in [0.29, 0.717) is 21.8 Å². The molecule has 0 radical (unpaired) electrons. The normalized spacial score (nSPS) is 17.3. The SMILES string of the molecule is COC(=O)c1sc(N2C(=O)C(=O)/C(=C(/O)c3ccc(Cl)cc3)C2c2ccc(C(C)C)cc2)nc1C. The molecule has 1 aliphatic rings. The minimum atomic E-state index is -0.942. The van der Waals surface area contributed by atoms with Gasteiger partial charge in [-0.2, -0.15) is 0 Å². The van der Waals surface area contributed by atoms with Crippen LogP contribution in [0, 0.1) is 6.92 Å². The van der Waals surface area contributed by atoms with Gasteiger partial charge in [-0.3, -0.25) is 14.5 Å². The number of hydrogen-bond donors (Lipinski definition) is 1. The number of benzene rings is 2. The molecule has 1 fully saturated rings. The van der Waals surface area contributed by atoms with E-state index in [1.807, 2.05) is 24.3 Å². The molecular weight excluding hydrogens is 488 g/mol. The van der Waals surface area contributed by atoms with Crippen LogP contribution >= 0.6 is 22.9 Å². The summed E-state index contributed by atoms with van der Waals surface area (Å²) in [6.07, 6.45) is 0. The first kappa shape index (κ1) is 24.6. The van der Waals surface area contributed by atoms with Crippen LogP contribution in [-0.4, -0.2) is 34.9 Å². The highest BCUT2D eigenvalue weighted by Crippen LogP contribution is 2.44. The third kappa shape index (κ3) is 4.47. The van der Waals surface area contributed by atoms with Gasteiger partial charge >= 0.3 is 11.9 Å². The standard InChI is InChI=1S/C26H23ClN2O5S/c1-13(2)15-5-7-16(8-6-15)20-19(21(30)17-9-11-18(27)12-10-17)22(31)24(32)29(20)26-28-14(3)23(35-26)25(33)34-4/h5-13,20,30H,1-4H3/b21-19+. The topological polar surface area (TPSA) is 96.8 Å². The summed E-state index contributed by atoms with van der Waals surface area (Å²) in [6.45, 7) is 5.76. The van der Waals surface area contributed by atoms with E-state index >= 15 is 0 Å². The quantitative estimate of drug-likeness (QED) is 0.206. The smallest absolute Gasteiger partial charge is 0.350 e. The molecule has 180 valence electrons. The van der Waals surface area contributed by atoms with E-state index in [2.05, 4.69) is 18.8 Å². The maximum atomic E-state index is 13.3. The van der Waals surface area contributed by atoms with Crippen LogP contribution in [0.3, 0.4) is 0 Å². The Bertz CT molecular complexity index is 1340. The predicted molar refractivity (Wildman–Crippen MR) is 135 cm³/mol. The second kappa shape index (κ2) is 9.64. The van der Waals surface area contributed by atoms with E-state index in [0.717, 1.165) is 16.9 Å². The number of ketones is 1. The molecule has 1 aliphatic heterocycles. The number of aryl methyl sites for hydroxylation is 1. The Kier molecular flexibility index (Phi) is 6.78. The number of aliphatic hydroxyl groups is 1. The summed E-state index contributed by atoms with van der Waals surface area (Å²) in [5, 5.41) is 11.8. The number of carbonyl (C=O) groups excluding carboxylic acids is 3. The van der Waals surface area contributed by atoms with Gasteiger partial charge in [0.1, 0.15) is 10.6 Å². The molecule has 2 aromatic carbocycles. The number of halogens is 1. The lowest BCUT2D eigenvalue weighted by Gasteiger charge is -2.23. The van der Waals surface area contributed by atoms with Crippen molar-refractivity contribution in [1.29, 1.82) is 0 Å². The molecule has 1 aromatic heterocycles. The van der Waals surface area contributed by atoms with Crippen LogP contribution in [0.25, 0.3) is 5.76 Å². The molecule has 0 saturated carbocycles. The summed E-state index contributed by atoms with van der Waals surface area (Å²) in [7, 11) is 1.26. The molecule has 4 rings (SSSR count). The number of carbonyl (C=O) groups is 3. The van der Waals surface area contributed by atoms with Gasteiger partial charge in [0, 0.05) is 10.6 Å². The Morgan fingerprint density at radius 1 is 1.11 bits per heavy atom. The zero-order chi connectivity index (χ0) is 25.4. The Balaban J connectivity index is 1.92. The zero-order valence-electron chi connectivity index (χ0n) is 19.5. The molecule has 1 amide bonds. The van der Waals surface area contributed by atoms with Crippen LogP contribution in [0.2, 0.25) is 5.02 Å². The molecule has 1 N–H and O–H groups in total. The molecular formula is C26H23ClN2O5S. The van der Waals surface area contributed by atoms with Crippen LogP contribution in [0.1, 0.15) is 57.9 Å². The minimum absolute atomic E-state index is 0.0675. The van der Waals surface area contributed by atoms with Gasteiger partial charge in [0.2, 0.25) is 0 Å². The monoisotopic (exact) mass is 510 g/mol. The van der Waals surface area contributed by atoms with Crippen molar-refractivity contribution in [2.45, 2.75) is 32.7 Å². The van der Waals surface area contributed by atoms with Crippen molar-refractivity contribution in [1.82, 2.24) is 4.98 Å². The highest BCUT2D eigenvalue weighted by atomic mass is 35.5. The number of methoxy groups -OCH3 is 1. The van der Waals surface area contributed by atoms with Gasteiger partial charge in [0.25, 0.3) is 5.78 Å². The maximum Gasteiger partial charge on any atom is 0.350 e. The summed E-state index contributed by atoms with van der Waals surface area (Å²) < 4.78 is 4.82. The Hall–Kier alpha value is -3.49. The Labute approximate surface area is 211 Å². The first-order chi connectivity index (χ1) is 16.6. The summed E-state index contributed by atoms with van der Waals surface area (Å²) in [6, 6.07) is 12.9. The van der Waals surface area contributed by atoms with Crippen LogP contribution in [-0.2, 0) is 14.3 Å².